The quantitative estimate of drug-likeness (QED) is 0.473. The minimum absolute atomic E-state index is 0.0105. The highest BCUT2D eigenvalue weighted by Crippen LogP contribution is 2.37. The molecule has 7 nitrogen and oxygen atoms in total. The molecule has 0 spiro atoms. The first-order valence-corrected chi connectivity index (χ1v) is 10.9. The Morgan fingerprint density at radius 2 is 1.49 bits per heavy atom. The summed E-state index contributed by atoms with van der Waals surface area (Å²) >= 11 is 0. The number of alkyl halides is 6. The van der Waals surface area contributed by atoms with Crippen molar-refractivity contribution in [3.05, 3.63) is 41.1 Å². The third kappa shape index (κ3) is 7.12. The number of hydrogen-bond acceptors (Lipinski definition) is 5. The van der Waals surface area contributed by atoms with Gasteiger partial charge in [-0.25, -0.2) is 9.78 Å². The van der Waals surface area contributed by atoms with E-state index in [1.54, 1.807) is 6.20 Å². The van der Waals surface area contributed by atoms with Crippen LogP contribution in [0, 0.1) is 6.92 Å². The lowest BCUT2D eigenvalue weighted by molar-refractivity contribution is -0.143. The van der Waals surface area contributed by atoms with Crippen molar-refractivity contribution in [1.29, 1.82) is 0 Å². The predicted octanol–water partition coefficient (Wildman–Crippen LogP) is 5.43. The highest BCUT2D eigenvalue weighted by atomic mass is 19.4. The number of amides is 2. The Balaban J connectivity index is 1.57. The number of nitrogens with one attached hydrogen (secondary N) is 3. The summed E-state index contributed by atoms with van der Waals surface area (Å²) in [5.74, 6) is 1.27. The van der Waals surface area contributed by atoms with Gasteiger partial charge in [0.15, 0.2) is 0 Å². The minimum atomic E-state index is -4.99. The number of hydrogen-bond donors (Lipinski definition) is 3. The highest BCUT2D eigenvalue weighted by molar-refractivity contribution is 5.89. The predicted molar refractivity (Wildman–Crippen MR) is 119 cm³/mol. The molecule has 0 radical (unpaired) electrons. The summed E-state index contributed by atoms with van der Waals surface area (Å²) in [6.07, 6.45) is -5.80. The number of aryl methyl sites for hydroxylation is 1. The fourth-order valence-corrected chi connectivity index (χ4v) is 3.90. The Labute approximate surface area is 198 Å². The van der Waals surface area contributed by atoms with Crippen molar-refractivity contribution >= 4 is 23.5 Å². The molecule has 2 aromatic rings. The van der Waals surface area contributed by atoms with E-state index in [2.05, 4.69) is 25.9 Å². The molecule has 0 unspecified atom stereocenters. The van der Waals surface area contributed by atoms with Crippen LogP contribution >= 0.6 is 0 Å². The zero-order valence-corrected chi connectivity index (χ0v) is 19.3. The highest BCUT2D eigenvalue weighted by Gasteiger charge is 2.37. The SMILES string of the molecule is Cc1cnc(NC2CCC(NC(=O)Nc3cc(C(F)(F)F)cc(C(F)(F)F)c3)CC2)nc1N(C)C. The number of benzene rings is 1. The molecule has 0 aliphatic heterocycles. The van der Waals surface area contributed by atoms with E-state index in [0.717, 1.165) is 11.4 Å². The fourth-order valence-electron chi connectivity index (χ4n) is 3.90. The number of halogens is 6. The molecule has 3 N–H and O–H groups in total. The maximum absolute atomic E-state index is 13.0. The molecule has 192 valence electrons. The molecule has 3 rings (SSSR count). The number of urea groups is 1. The van der Waals surface area contributed by atoms with E-state index < -0.39 is 35.2 Å². The van der Waals surface area contributed by atoms with E-state index in [4.69, 9.17) is 0 Å². The van der Waals surface area contributed by atoms with Crippen molar-refractivity contribution in [2.24, 2.45) is 0 Å². The van der Waals surface area contributed by atoms with E-state index in [1.165, 1.54) is 0 Å². The Morgan fingerprint density at radius 3 is 2.00 bits per heavy atom. The number of nitrogens with zero attached hydrogens (tertiary/aromatic N) is 3. The molecule has 0 atom stereocenters. The first-order valence-electron chi connectivity index (χ1n) is 10.9. The molecule has 13 heteroatoms. The molecule has 1 saturated carbocycles. The zero-order chi connectivity index (χ0) is 26.0. The minimum Gasteiger partial charge on any atom is -0.362 e. The lowest BCUT2D eigenvalue weighted by Crippen LogP contribution is -2.42. The third-order valence-corrected chi connectivity index (χ3v) is 5.61. The number of carbonyl (C=O) groups excluding carboxylic acids is 1. The van der Waals surface area contributed by atoms with Gasteiger partial charge in [0.05, 0.1) is 11.1 Å². The summed E-state index contributed by atoms with van der Waals surface area (Å²) < 4.78 is 78.0. The Morgan fingerprint density at radius 1 is 0.943 bits per heavy atom. The van der Waals surface area contributed by atoms with Gasteiger partial charge < -0.3 is 20.9 Å². The van der Waals surface area contributed by atoms with E-state index in [1.807, 2.05) is 25.9 Å². The molecule has 1 heterocycles. The van der Waals surface area contributed by atoms with Gasteiger partial charge in [-0.3, -0.25) is 0 Å². The van der Waals surface area contributed by atoms with Crippen molar-refractivity contribution in [2.45, 2.75) is 57.0 Å². The van der Waals surface area contributed by atoms with Gasteiger partial charge in [-0.05, 0) is 50.8 Å². The average molecular weight is 504 g/mol. The van der Waals surface area contributed by atoms with Crippen molar-refractivity contribution in [1.82, 2.24) is 15.3 Å². The monoisotopic (exact) mass is 504 g/mol. The van der Waals surface area contributed by atoms with Crippen molar-refractivity contribution < 1.29 is 31.1 Å². The van der Waals surface area contributed by atoms with Gasteiger partial charge in [0, 0.05) is 43.6 Å². The van der Waals surface area contributed by atoms with Crippen LogP contribution in [0.4, 0.5) is 48.6 Å². The molecule has 0 saturated heterocycles. The van der Waals surface area contributed by atoms with E-state index in [9.17, 15) is 31.1 Å². The van der Waals surface area contributed by atoms with Gasteiger partial charge in [-0.15, -0.1) is 0 Å². The van der Waals surface area contributed by atoms with Crippen LogP contribution in [0.5, 0.6) is 0 Å². The second-order valence-corrected chi connectivity index (χ2v) is 8.68. The molecule has 2 amide bonds. The smallest absolute Gasteiger partial charge is 0.362 e. The van der Waals surface area contributed by atoms with E-state index >= 15 is 0 Å². The largest absolute Gasteiger partial charge is 0.416 e. The van der Waals surface area contributed by atoms with E-state index in [0.29, 0.717) is 43.8 Å². The van der Waals surface area contributed by atoms with Gasteiger partial charge >= 0.3 is 18.4 Å². The maximum atomic E-state index is 13.0. The molecule has 1 aromatic heterocycles. The van der Waals surface area contributed by atoms with Crippen LogP contribution in [0.15, 0.2) is 24.4 Å². The Bertz CT molecular complexity index is 1020. The van der Waals surface area contributed by atoms with Crippen LogP contribution in [-0.4, -0.2) is 42.2 Å². The topological polar surface area (TPSA) is 82.2 Å². The molecular formula is C22H26F6N6O. The second-order valence-electron chi connectivity index (χ2n) is 8.68. The molecule has 0 bridgehead atoms. The first-order chi connectivity index (χ1) is 16.2. The summed E-state index contributed by atoms with van der Waals surface area (Å²) in [4.78, 5) is 22.9. The van der Waals surface area contributed by atoms with Gasteiger partial charge in [0.1, 0.15) is 5.82 Å². The molecule has 1 aromatic carbocycles. The van der Waals surface area contributed by atoms with E-state index in [-0.39, 0.29) is 18.2 Å². The number of rotatable bonds is 5. The standard InChI is InChI=1S/C22H26F6N6O/c1-12-11-29-19(33-18(12)34(2)3)30-15-4-6-16(7-5-15)31-20(35)32-17-9-13(21(23,24)25)8-14(10-17)22(26,27)28/h8-11,15-16H,4-7H2,1-3H3,(H,29,30,33)(H2,31,32,35). The maximum Gasteiger partial charge on any atom is 0.416 e. The number of aromatic nitrogens is 2. The Hall–Kier alpha value is -3.25. The van der Waals surface area contributed by atoms with Gasteiger partial charge in [0.25, 0.3) is 0 Å². The zero-order valence-electron chi connectivity index (χ0n) is 19.3. The second kappa shape index (κ2) is 10.2. The number of carbonyl (C=O) groups is 1. The van der Waals surface area contributed by atoms with Gasteiger partial charge in [-0.1, -0.05) is 0 Å². The average Bonchev–Trinajstić information content (AvgIpc) is 2.74. The lowest BCUT2D eigenvalue weighted by atomic mass is 9.91. The summed E-state index contributed by atoms with van der Waals surface area (Å²) in [5, 5.41) is 7.99. The van der Waals surface area contributed by atoms with Gasteiger partial charge in [-0.2, -0.15) is 31.3 Å². The summed E-state index contributed by atoms with van der Waals surface area (Å²) in [6, 6.07) is -0.134. The van der Waals surface area contributed by atoms with Gasteiger partial charge in [0.2, 0.25) is 5.95 Å². The molecular weight excluding hydrogens is 478 g/mol. The van der Waals surface area contributed by atoms with Crippen LogP contribution in [-0.2, 0) is 12.4 Å². The van der Waals surface area contributed by atoms with Crippen LogP contribution in [0.1, 0.15) is 42.4 Å². The molecule has 1 fully saturated rings. The molecule has 1 aliphatic carbocycles. The molecule has 1 aliphatic rings. The summed E-state index contributed by atoms with van der Waals surface area (Å²) in [7, 11) is 3.76. The van der Waals surface area contributed by atoms with Crippen molar-refractivity contribution in [3.8, 4) is 0 Å². The molecule has 35 heavy (non-hydrogen) atoms. The van der Waals surface area contributed by atoms with Crippen molar-refractivity contribution in [2.75, 3.05) is 29.6 Å². The van der Waals surface area contributed by atoms with Crippen LogP contribution in [0.3, 0.4) is 0 Å². The van der Waals surface area contributed by atoms with Crippen LogP contribution in [0.25, 0.3) is 0 Å². The van der Waals surface area contributed by atoms with Crippen molar-refractivity contribution in [3.63, 3.8) is 0 Å². The first kappa shape index (κ1) is 26.4. The van der Waals surface area contributed by atoms with Crippen LogP contribution in [0.2, 0.25) is 0 Å². The number of anilines is 3. The summed E-state index contributed by atoms with van der Waals surface area (Å²) in [6.45, 7) is 1.91. The summed E-state index contributed by atoms with van der Waals surface area (Å²) in [5.41, 5.74) is -2.65. The third-order valence-electron chi connectivity index (χ3n) is 5.61. The fraction of sp³-hybridized carbons (Fsp3) is 0.500. The van der Waals surface area contributed by atoms with Crippen LogP contribution < -0.4 is 20.9 Å². The normalized spacial score (nSPS) is 18.7. The lowest BCUT2D eigenvalue weighted by Gasteiger charge is -2.30. The Kier molecular flexibility index (Phi) is 7.65.